The van der Waals surface area contributed by atoms with Gasteiger partial charge in [0.2, 0.25) is 27.7 Å². The molecule has 2 aromatic rings. The summed E-state index contributed by atoms with van der Waals surface area (Å²) in [4.78, 5) is 62.4. The van der Waals surface area contributed by atoms with E-state index in [0.717, 1.165) is 31.1 Å². The van der Waals surface area contributed by atoms with Crippen molar-refractivity contribution in [2.24, 2.45) is 23.2 Å². The standard InChI is InChI=1S/C41H55N5O9S/c1-5-18-53-33-22-42-36(31-13-9-8-12-30(31)33)55-28-20-32-35(47)44-41(38(49)45-56(51,52)29-14-15-29)21-27(41)11-7-6-10-25(2)19-26(3)34(37(48)46(32)23-28)43-39(50)54-24-40(4)16-17-40/h7-9,11-13,22,25-29,32,34H,5-6,10,14-21,23-24H2,1-4H3,(H,43,50)(H,44,47)(H,45,49)/b11-7-/t25-,26-,27-,28-,32+,34+,41-/m1/s1. The molecule has 7 atom stereocenters. The van der Waals surface area contributed by atoms with Crippen LogP contribution < -0.4 is 24.8 Å². The zero-order valence-corrected chi connectivity index (χ0v) is 33.6. The monoisotopic (exact) mass is 793 g/mol. The van der Waals surface area contributed by atoms with Crippen LogP contribution in [-0.4, -0.2) is 90.9 Å². The van der Waals surface area contributed by atoms with Gasteiger partial charge in [-0.2, -0.15) is 0 Å². The second-order valence-corrected chi connectivity index (χ2v) is 19.0. The van der Waals surface area contributed by atoms with Crippen molar-refractivity contribution in [1.82, 2.24) is 25.2 Å². The molecule has 3 N–H and O–H groups in total. The average molecular weight is 794 g/mol. The molecule has 3 aliphatic carbocycles. The van der Waals surface area contributed by atoms with Crippen LogP contribution in [0, 0.1) is 23.2 Å². The van der Waals surface area contributed by atoms with E-state index in [4.69, 9.17) is 14.2 Å². The number of aromatic nitrogens is 1. The third kappa shape index (κ3) is 8.77. The van der Waals surface area contributed by atoms with Crippen molar-refractivity contribution in [2.75, 3.05) is 19.8 Å². The number of allylic oxidation sites excluding steroid dienone is 1. The van der Waals surface area contributed by atoms with Crippen LogP contribution >= 0.6 is 0 Å². The summed E-state index contributed by atoms with van der Waals surface area (Å²) in [6, 6.07) is 5.42. The number of amides is 4. The maximum atomic E-state index is 14.8. The second kappa shape index (κ2) is 15.9. The van der Waals surface area contributed by atoms with E-state index in [0.29, 0.717) is 49.3 Å². The Morgan fingerprint density at radius 3 is 2.54 bits per heavy atom. The number of carbonyl (C=O) groups excluding carboxylic acids is 4. The number of carbonyl (C=O) groups is 4. The first-order chi connectivity index (χ1) is 26.7. The molecule has 0 bridgehead atoms. The Bertz CT molecular complexity index is 1980. The number of rotatable bonds is 11. The highest BCUT2D eigenvalue weighted by Crippen LogP contribution is 2.47. The van der Waals surface area contributed by atoms with Gasteiger partial charge in [-0.3, -0.25) is 19.1 Å². The lowest BCUT2D eigenvalue weighted by molar-refractivity contribution is -0.142. The minimum absolute atomic E-state index is 0.00677. The molecule has 15 heteroatoms. The summed E-state index contributed by atoms with van der Waals surface area (Å²) in [6.45, 7) is 8.83. The Kier molecular flexibility index (Phi) is 11.3. The first-order valence-electron chi connectivity index (χ1n) is 20.2. The molecule has 56 heavy (non-hydrogen) atoms. The molecule has 4 amide bonds. The Morgan fingerprint density at radius 1 is 1.07 bits per heavy atom. The third-order valence-corrected chi connectivity index (χ3v) is 13.8. The number of ether oxygens (including phenoxy) is 3. The first kappa shape index (κ1) is 39.8. The number of hydrogen-bond acceptors (Lipinski definition) is 10. The molecule has 1 aromatic heterocycles. The van der Waals surface area contributed by atoms with Crippen LogP contribution in [0.4, 0.5) is 4.79 Å². The van der Waals surface area contributed by atoms with Crippen molar-refractivity contribution in [3.63, 3.8) is 0 Å². The number of fused-ring (bicyclic) bond motifs is 3. The fourth-order valence-electron chi connectivity index (χ4n) is 7.98. The van der Waals surface area contributed by atoms with Gasteiger partial charge >= 0.3 is 6.09 Å². The summed E-state index contributed by atoms with van der Waals surface area (Å²) in [5, 5.41) is 6.65. The molecule has 0 spiro atoms. The largest absolute Gasteiger partial charge is 0.491 e. The first-order valence-corrected chi connectivity index (χ1v) is 21.7. The maximum absolute atomic E-state index is 14.8. The molecular weight excluding hydrogens is 739 g/mol. The van der Waals surface area contributed by atoms with Gasteiger partial charge in [-0.1, -0.05) is 58.0 Å². The molecule has 3 heterocycles. The zero-order valence-electron chi connectivity index (χ0n) is 32.8. The number of hydrogen-bond donors (Lipinski definition) is 3. The van der Waals surface area contributed by atoms with Crippen LogP contribution in [0.2, 0.25) is 0 Å². The van der Waals surface area contributed by atoms with E-state index >= 15 is 0 Å². The fourth-order valence-corrected chi connectivity index (χ4v) is 9.35. The van der Waals surface area contributed by atoms with Crippen molar-refractivity contribution in [3.05, 3.63) is 42.6 Å². The summed E-state index contributed by atoms with van der Waals surface area (Å²) in [5.74, 6) is -1.52. The Morgan fingerprint density at radius 2 is 1.82 bits per heavy atom. The van der Waals surface area contributed by atoms with E-state index in [1.54, 1.807) is 6.20 Å². The third-order valence-electron chi connectivity index (χ3n) is 12.0. The molecule has 1 aromatic carbocycles. The molecule has 14 nitrogen and oxygen atoms in total. The predicted molar refractivity (Wildman–Crippen MR) is 208 cm³/mol. The van der Waals surface area contributed by atoms with Crippen molar-refractivity contribution in [2.45, 2.75) is 121 Å². The van der Waals surface area contributed by atoms with Gasteiger partial charge in [0.15, 0.2) is 0 Å². The molecule has 2 aliphatic heterocycles. The Hall–Kier alpha value is -4.40. The Balaban J connectivity index is 1.20. The van der Waals surface area contributed by atoms with E-state index in [1.165, 1.54) is 4.90 Å². The van der Waals surface area contributed by atoms with E-state index in [9.17, 15) is 27.6 Å². The van der Waals surface area contributed by atoms with Gasteiger partial charge in [0.25, 0.3) is 5.91 Å². The van der Waals surface area contributed by atoms with E-state index in [2.05, 4.69) is 27.3 Å². The molecule has 7 rings (SSSR count). The maximum Gasteiger partial charge on any atom is 0.407 e. The zero-order chi connectivity index (χ0) is 39.8. The van der Waals surface area contributed by atoms with Gasteiger partial charge in [0.1, 0.15) is 29.5 Å². The molecule has 1 saturated heterocycles. The van der Waals surface area contributed by atoms with Crippen molar-refractivity contribution in [3.8, 4) is 11.6 Å². The number of benzene rings is 1. The molecule has 3 saturated carbocycles. The van der Waals surface area contributed by atoms with Gasteiger partial charge in [-0.05, 0) is 75.7 Å². The highest BCUT2D eigenvalue weighted by atomic mass is 32.2. The summed E-state index contributed by atoms with van der Waals surface area (Å²) in [6.07, 6.45) is 10.1. The molecule has 0 radical (unpaired) electrons. The van der Waals surface area contributed by atoms with Gasteiger partial charge in [0, 0.05) is 28.5 Å². The SMILES string of the molecule is CCCOc1cnc(O[C@@H]2C[C@H]3C(=O)N[C@]4(C(=O)NS(=O)(=O)C5CC5)C[C@H]4/C=C\CC[C@@H](C)C[C@@H](C)[C@H](NC(=O)OCC4(C)CC4)C(=O)N3C2)c2ccccc12. The van der Waals surface area contributed by atoms with E-state index < -0.39 is 68.7 Å². The summed E-state index contributed by atoms with van der Waals surface area (Å²) >= 11 is 0. The lowest BCUT2D eigenvalue weighted by atomic mass is 9.88. The van der Waals surface area contributed by atoms with Crippen LogP contribution in [0.25, 0.3) is 10.8 Å². The fraction of sp³-hybridized carbons (Fsp3) is 0.634. The number of nitrogens with zero attached hydrogens (tertiary/aromatic N) is 2. The van der Waals surface area contributed by atoms with Gasteiger partial charge in [0.05, 0.1) is 31.2 Å². The van der Waals surface area contributed by atoms with Crippen LogP contribution in [0.1, 0.15) is 91.9 Å². The summed E-state index contributed by atoms with van der Waals surface area (Å²) < 4.78 is 46.1. The van der Waals surface area contributed by atoms with Gasteiger partial charge in [-0.15, -0.1) is 0 Å². The molecule has 304 valence electrons. The van der Waals surface area contributed by atoms with Gasteiger partial charge < -0.3 is 29.7 Å². The normalized spacial score (nSPS) is 30.8. The van der Waals surface area contributed by atoms with Crippen LogP contribution in [-0.2, 0) is 29.1 Å². The summed E-state index contributed by atoms with van der Waals surface area (Å²) in [7, 11) is -3.90. The van der Waals surface area contributed by atoms with Crippen molar-refractivity contribution < 1.29 is 41.8 Å². The minimum Gasteiger partial charge on any atom is -0.491 e. The molecule has 0 unspecified atom stereocenters. The Labute approximate surface area is 328 Å². The number of pyridine rings is 1. The van der Waals surface area contributed by atoms with Crippen LogP contribution in [0.3, 0.4) is 0 Å². The van der Waals surface area contributed by atoms with Crippen LogP contribution in [0.5, 0.6) is 11.6 Å². The highest BCUT2D eigenvalue weighted by Gasteiger charge is 2.62. The quantitative estimate of drug-likeness (QED) is 0.268. The summed E-state index contributed by atoms with van der Waals surface area (Å²) in [5.41, 5.74) is -1.56. The van der Waals surface area contributed by atoms with Crippen molar-refractivity contribution >= 4 is 44.6 Å². The second-order valence-electron chi connectivity index (χ2n) is 17.1. The molecular formula is C41H55N5O9S. The lowest BCUT2D eigenvalue weighted by Crippen LogP contribution is -2.59. The van der Waals surface area contributed by atoms with Crippen LogP contribution in [0.15, 0.2) is 42.6 Å². The van der Waals surface area contributed by atoms with Gasteiger partial charge in [-0.25, -0.2) is 18.2 Å². The lowest BCUT2D eigenvalue weighted by Gasteiger charge is -2.32. The number of sulfonamides is 1. The van der Waals surface area contributed by atoms with E-state index in [-0.39, 0.29) is 43.2 Å². The average Bonchev–Trinajstić information content (AvgIpc) is 4.11. The molecule has 5 aliphatic rings. The molecule has 4 fully saturated rings. The predicted octanol–water partition coefficient (Wildman–Crippen LogP) is 4.76. The van der Waals surface area contributed by atoms with Crippen molar-refractivity contribution in [1.29, 1.82) is 0 Å². The minimum atomic E-state index is -3.90. The smallest absolute Gasteiger partial charge is 0.407 e. The number of alkyl carbamates (subject to hydrolysis) is 1. The van der Waals surface area contributed by atoms with E-state index in [1.807, 2.05) is 57.2 Å². The topological polar surface area (TPSA) is 182 Å². The highest BCUT2D eigenvalue weighted by molar-refractivity contribution is 7.91. The number of nitrogens with one attached hydrogen (secondary N) is 3.